The minimum absolute atomic E-state index is 0.0239. The van der Waals surface area contributed by atoms with Crippen molar-refractivity contribution in [2.75, 3.05) is 0 Å². The molecular formula is C12H15N3O5S. The van der Waals surface area contributed by atoms with Crippen molar-refractivity contribution >= 4 is 21.6 Å². The second-order valence-electron chi connectivity index (χ2n) is 5.21. The molecular weight excluding hydrogens is 298 g/mol. The van der Waals surface area contributed by atoms with Gasteiger partial charge < -0.3 is 5.32 Å². The smallest absolute Gasteiger partial charge is 0.274 e. The van der Waals surface area contributed by atoms with Crippen molar-refractivity contribution in [3.63, 3.8) is 0 Å². The van der Waals surface area contributed by atoms with Gasteiger partial charge in [0.15, 0.2) is 0 Å². The second kappa shape index (κ2) is 5.08. The van der Waals surface area contributed by atoms with Crippen molar-refractivity contribution in [1.82, 2.24) is 5.32 Å². The number of nitrogens with one attached hydrogen (secondary N) is 1. The average molecular weight is 313 g/mol. The first-order valence-corrected chi connectivity index (χ1v) is 7.78. The van der Waals surface area contributed by atoms with Crippen LogP contribution in [0, 0.1) is 23.0 Å². The average Bonchev–Trinajstić information content (AvgIpc) is 3.02. The van der Waals surface area contributed by atoms with Gasteiger partial charge in [-0.2, -0.15) is 0 Å². The summed E-state index contributed by atoms with van der Waals surface area (Å²) in [6, 6.07) is 2.16. The summed E-state index contributed by atoms with van der Waals surface area (Å²) in [6.45, 7) is 3.24. The maximum absolute atomic E-state index is 12.0. The number of hydrogen-bond acceptors (Lipinski definition) is 5. The van der Waals surface area contributed by atoms with Crippen LogP contribution in [0.25, 0.3) is 0 Å². The first kappa shape index (κ1) is 15.4. The van der Waals surface area contributed by atoms with Gasteiger partial charge in [0.25, 0.3) is 11.6 Å². The van der Waals surface area contributed by atoms with Crippen LogP contribution in [0.2, 0.25) is 0 Å². The van der Waals surface area contributed by atoms with E-state index >= 15 is 0 Å². The number of nitro benzene ring substituents is 1. The topological polar surface area (TPSA) is 132 Å². The van der Waals surface area contributed by atoms with Crippen molar-refractivity contribution in [3.8, 4) is 0 Å². The van der Waals surface area contributed by atoms with E-state index < -0.39 is 31.4 Å². The lowest BCUT2D eigenvalue weighted by atomic mass is 10.1. The fraction of sp³-hybridized carbons (Fsp3) is 0.417. The number of nitro groups is 1. The minimum atomic E-state index is -4.15. The number of sulfonamides is 1. The van der Waals surface area contributed by atoms with Gasteiger partial charge in [0.05, 0.1) is 9.82 Å². The van der Waals surface area contributed by atoms with Gasteiger partial charge in [-0.3, -0.25) is 14.9 Å². The summed E-state index contributed by atoms with van der Waals surface area (Å²) in [6.07, 6.45) is 0.835. The third kappa shape index (κ3) is 3.19. The first-order valence-electron chi connectivity index (χ1n) is 6.24. The number of hydrogen-bond donors (Lipinski definition) is 2. The third-order valence-corrected chi connectivity index (χ3v) is 4.56. The van der Waals surface area contributed by atoms with Crippen LogP contribution in [0.1, 0.15) is 29.3 Å². The Morgan fingerprint density at radius 1 is 1.48 bits per heavy atom. The van der Waals surface area contributed by atoms with Gasteiger partial charge in [-0.1, -0.05) is 6.92 Å². The normalized spacial score (nSPS) is 20.9. The van der Waals surface area contributed by atoms with Crippen LogP contribution >= 0.6 is 0 Å². The van der Waals surface area contributed by atoms with E-state index in [2.05, 4.69) is 5.32 Å². The zero-order valence-electron chi connectivity index (χ0n) is 11.5. The zero-order chi connectivity index (χ0) is 15.9. The van der Waals surface area contributed by atoms with Crippen LogP contribution in [0.5, 0.6) is 0 Å². The van der Waals surface area contributed by atoms with E-state index in [-0.39, 0.29) is 17.2 Å². The lowest BCUT2D eigenvalue weighted by molar-refractivity contribution is -0.385. The van der Waals surface area contributed by atoms with Crippen molar-refractivity contribution in [2.24, 2.45) is 11.1 Å². The molecule has 1 saturated carbocycles. The number of amides is 1. The summed E-state index contributed by atoms with van der Waals surface area (Å²) in [5.41, 5.74) is -0.621. The molecule has 1 aromatic rings. The molecule has 1 aromatic carbocycles. The standard InChI is InChI=1S/C12H15N3O5S/c1-6-3-9(6)14-12(16)8-4-10(15(17)18)7(2)11(5-8)21(13,19)20/h4-6,9H,3H2,1-2H3,(H,14,16)(H2,13,19,20). The summed E-state index contributed by atoms with van der Waals surface area (Å²) in [5, 5.41) is 18.7. The Morgan fingerprint density at radius 3 is 2.48 bits per heavy atom. The van der Waals surface area contributed by atoms with Gasteiger partial charge in [-0.15, -0.1) is 0 Å². The molecule has 8 nitrogen and oxygen atoms in total. The largest absolute Gasteiger partial charge is 0.349 e. The molecule has 1 amide bonds. The Labute approximate surface area is 121 Å². The lowest BCUT2D eigenvalue weighted by Gasteiger charge is -2.09. The SMILES string of the molecule is Cc1c([N+](=O)[O-])cc(C(=O)NC2CC2C)cc1S(N)(=O)=O. The van der Waals surface area contributed by atoms with Crippen LogP contribution in [0.4, 0.5) is 5.69 Å². The summed E-state index contributed by atoms with van der Waals surface area (Å²) in [5.74, 6) is -0.190. The quantitative estimate of drug-likeness (QED) is 0.623. The number of carbonyl (C=O) groups excluding carboxylic acids is 1. The molecule has 0 saturated heterocycles. The van der Waals surface area contributed by atoms with E-state index in [9.17, 15) is 23.3 Å². The molecule has 0 aromatic heterocycles. The maximum Gasteiger partial charge on any atom is 0.274 e. The van der Waals surface area contributed by atoms with E-state index in [1.54, 1.807) is 0 Å². The van der Waals surface area contributed by atoms with Crippen molar-refractivity contribution in [1.29, 1.82) is 0 Å². The molecule has 1 aliphatic carbocycles. The number of nitrogens with two attached hydrogens (primary N) is 1. The van der Waals surface area contributed by atoms with Crippen LogP contribution in [0.3, 0.4) is 0 Å². The molecule has 9 heteroatoms. The molecule has 2 rings (SSSR count). The van der Waals surface area contributed by atoms with E-state index in [0.717, 1.165) is 18.6 Å². The summed E-state index contributed by atoms with van der Waals surface area (Å²) in [7, 11) is -4.15. The summed E-state index contributed by atoms with van der Waals surface area (Å²) < 4.78 is 23.0. The van der Waals surface area contributed by atoms with Crippen molar-refractivity contribution in [2.45, 2.75) is 31.2 Å². The Balaban J connectivity index is 2.49. The van der Waals surface area contributed by atoms with Crippen LogP contribution in [-0.4, -0.2) is 25.3 Å². The Morgan fingerprint density at radius 2 is 2.05 bits per heavy atom. The highest BCUT2D eigenvalue weighted by atomic mass is 32.2. The maximum atomic E-state index is 12.0. The van der Waals surface area contributed by atoms with Gasteiger partial charge in [0, 0.05) is 23.2 Å². The molecule has 0 heterocycles. The molecule has 1 aliphatic rings. The van der Waals surface area contributed by atoms with E-state index in [1.807, 2.05) is 6.92 Å². The molecule has 0 radical (unpaired) electrons. The van der Waals surface area contributed by atoms with E-state index in [1.165, 1.54) is 6.92 Å². The number of rotatable bonds is 4. The van der Waals surface area contributed by atoms with Crippen LogP contribution in [0.15, 0.2) is 17.0 Å². The molecule has 0 aliphatic heterocycles. The van der Waals surface area contributed by atoms with Crippen LogP contribution < -0.4 is 10.5 Å². The highest BCUT2D eigenvalue weighted by molar-refractivity contribution is 7.89. The fourth-order valence-electron chi connectivity index (χ4n) is 2.06. The number of nitrogens with zero attached hydrogens (tertiary/aromatic N) is 1. The number of primary sulfonamides is 1. The molecule has 2 atom stereocenters. The molecule has 1 fully saturated rings. The summed E-state index contributed by atoms with van der Waals surface area (Å²) >= 11 is 0. The molecule has 0 spiro atoms. The minimum Gasteiger partial charge on any atom is -0.349 e. The lowest BCUT2D eigenvalue weighted by Crippen LogP contribution is -2.27. The van der Waals surface area contributed by atoms with E-state index in [0.29, 0.717) is 5.92 Å². The monoisotopic (exact) mass is 313 g/mol. The fourth-order valence-corrected chi connectivity index (χ4v) is 2.89. The summed E-state index contributed by atoms with van der Waals surface area (Å²) in [4.78, 5) is 21.9. The Bertz CT molecular complexity index is 729. The number of carbonyl (C=O) groups is 1. The van der Waals surface area contributed by atoms with Crippen molar-refractivity contribution < 1.29 is 18.1 Å². The zero-order valence-corrected chi connectivity index (χ0v) is 12.3. The second-order valence-corrected chi connectivity index (χ2v) is 6.74. The van der Waals surface area contributed by atoms with Crippen LogP contribution in [-0.2, 0) is 10.0 Å². The van der Waals surface area contributed by atoms with Gasteiger partial charge in [0.1, 0.15) is 0 Å². The molecule has 21 heavy (non-hydrogen) atoms. The van der Waals surface area contributed by atoms with Gasteiger partial charge in [0.2, 0.25) is 10.0 Å². The Hall–Kier alpha value is -2.00. The Kier molecular flexibility index (Phi) is 3.72. The first-order chi connectivity index (χ1) is 9.61. The number of benzene rings is 1. The molecule has 2 unspecified atom stereocenters. The predicted molar refractivity (Wildman–Crippen MR) is 74.2 cm³/mol. The van der Waals surface area contributed by atoms with Gasteiger partial charge in [-0.05, 0) is 25.3 Å². The third-order valence-electron chi connectivity index (χ3n) is 3.52. The predicted octanol–water partition coefficient (Wildman–Crippen LogP) is 0.689. The van der Waals surface area contributed by atoms with Crippen molar-refractivity contribution in [3.05, 3.63) is 33.4 Å². The molecule has 3 N–H and O–H groups in total. The highest BCUT2D eigenvalue weighted by Gasteiger charge is 2.34. The molecule has 0 bridgehead atoms. The van der Waals surface area contributed by atoms with E-state index in [4.69, 9.17) is 5.14 Å². The van der Waals surface area contributed by atoms with Gasteiger partial charge in [-0.25, -0.2) is 13.6 Å². The van der Waals surface area contributed by atoms with Gasteiger partial charge >= 0.3 is 0 Å². The highest BCUT2D eigenvalue weighted by Crippen LogP contribution is 2.30. The molecule has 114 valence electrons.